The van der Waals surface area contributed by atoms with Gasteiger partial charge in [-0.1, -0.05) is 0 Å². The average Bonchev–Trinajstić information content (AvgIpc) is 2.23. The second-order valence-corrected chi connectivity index (χ2v) is 3.27. The van der Waals surface area contributed by atoms with Crippen molar-refractivity contribution in [3.63, 3.8) is 0 Å². The molecule has 1 amide bonds. The van der Waals surface area contributed by atoms with Crippen LogP contribution in [0.5, 0.6) is 0 Å². The maximum Gasteiger partial charge on any atom is 0.242 e. The van der Waals surface area contributed by atoms with E-state index in [4.69, 9.17) is 0 Å². The maximum absolute atomic E-state index is 11.7. The summed E-state index contributed by atoms with van der Waals surface area (Å²) in [5.74, 6) is 0.0728. The fourth-order valence-corrected chi connectivity index (χ4v) is 1.38. The summed E-state index contributed by atoms with van der Waals surface area (Å²) in [6.45, 7) is 5.63. The third kappa shape index (κ3) is 3.23. The van der Waals surface area contributed by atoms with Crippen LogP contribution < -0.4 is 5.43 Å². The third-order valence-corrected chi connectivity index (χ3v) is 2.29. The highest BCUT2D eigenvalue weighted by Crippen LogP contribution is 1.93. The highest BCUT2D eigenvalue weighted by molar-refractivity contribution is 5.75. The summed E-state index contributed by atoms with van der Waals surface area (Å²) in [7, 11) is 0. The standard InChI is InChI=1S/C11H16N2O2/c1-3-13(4-2)11(15)9-12-7-5-10(14)6-8-12/h5-8H,3-4,9H2,1-2H3. The number of rotatable bonds is 4. The van der Waals surface area contributed by atoms with Gasteiger partial charge in [0.1, 0.15) is 6.54 Å². The van der Waals surface area contributed by atoms with E-state index >= 15 is 0 Å². The molecule has 0 aromatic carbocycles. The lowest BCUT2D eigenvalue weighted by Gasteiger charge is -2.19. The zero-order valence-electron chi connectivity index (χ0n) is 9.14. The SMILES string of the molecule is CCN(CC)C(=O)Cn1ccc(=O)cc1. The predicted molar refractivity (Wildman–Crippen MR) is 58.6 cm³/mol. The molecule has 0 saturated carbocycles. The maximum atomic E-state index is 11.7. The van der Waals surface area contributed by atoms with E-state index < -0.39 is 0 Å². The van der Waals surface area contributed by atoms with E-state index in [1.807, 2.05) is 13.8 Å². The monoisotopic (exact) mass is 208 g/mol. The third-order valence-electron chi connectivity index (χ3n) is 2.29. The summed E-state index contributed by atoms with van der Waals surface area (Å²) < 4.78 is 1.71. The van der Waals surface area contributed by atoms with Gasteiger partial charge in [-0.15, -0.1) is 0 Å². The highest BCUT2D eigenvalue weighted by Gasteiger charge is 2.08. The Bertz CT molecular complexity index is 360. The Morgan fingerprint density at radius 3 is 2.27 bits per heavy atom. The van der Waals surface area contributed by atoms with Gasteiger partial charge in [0, 0.05) is 37.6 Å². The Hall–Kier alpha value is -1.58. The van der Waals surface area contributed by atoms with Crippen LogP contribution in [0, 0.1) is 0 Å². The summed E-state index contributed by atoms with van der Waals surface area (Å²) >= 11 is 0. The summed E-state index contributed by atoms with van der Waals surface area (Å²) in [5, 5.41) is 0. The first-order valence-electron chi connectivity index (χ1n) is 5.11. The molecule has 4 heteroatoms. The molecule has 0 atom stereocenters. The molecule has 1 rings (SSSR count). The molecule has 0 N–H and O–H groups in total. The normalized spacial score (nSPS) is 10.0. The summed E-state index contributed by atoms with van der Waals surface area (Å²) in [4.78, 5) is 24.3. The van der Waals surface area contributed by atoms with Crippen molar-refractivity contribution in [2.75, 3.05) is 13.1 Å². The van der Waals surface area contributed by atoms with Crippen LogP contribution in [-0.2, 0) is 11.3 Å². The second-order valence-electron chi connectivity index (χ2n) is 3.27. The first kappa shape index (κ1) is 11.5. The van der Waals surface area contributed by atoms with Crippen molar-refractivity contribution in [2.45, 2.75) is 20.4 Å². The number of pyridine rings is 1. The molecular formula is C11H16N2O2. The van der Waals surface area contributed by atoms with Crippen molar-refractivity contribution >= 4 is 5.91 Å². The number of hydrogen-bond acceptors (Lipinski definition) is 2. The number of amides is 1. The van der Waals surface area contributed by atoms with Gasteiger partial charge in [-0.2, -0.15) is 0 Å². The van der Waals surface area contributed by atoms with Crippen LogP contribution in [-0.4, -0.2) is 28.5 Å². The number of aromatic nitrogens is 1. The van der Waals surface area contributed by atoms with Gasteiger partial charge in [-0.05, 0) is 13.8 Å². The van der Waals surface area contributed by atoms with Gasteiger partial charge >= 0.3 is 0 Å². The van der Waals surface area contributed by atoms with Crippen molar-refractivity contribution in [2.24, 2.45) is 0 Å². The molecule has 1 aromatic rings. The molecule has 4 nitrogen and oxygen atoms in total. The van der Waals surface area contributed by atoms with Crippen molar-refractivity contribution in [3.05, 3.63) is 34.7 Å². The van der Waals surface area contributed by atoms with E-state index in [0.717, 1.165) is 13.1 Å². The molecule has 82 valence electrons. The van der Waals surface area contributed by atoms with Crippen LogP contribution in [0.2, 0.25) is 0 Å². The topological polar surface area (TPSA) is 42.3 Å². The Morgan fingerprint density at radius 1 is 1.27 bits per heavy atom. The van der Waals surface area contributed by atoms with E-state index in [0.29, 0.717) is 6.54 Å². The second kappa shape index (κ2) is 5.34. The van der Waals surface area contributed by atoms with Crippen molar-refractivity contribution < 1.29 is 4.79 Å². The predicted octanol–water partition coefficient (Wildman–Crippen LogP) is 0.717. The summed E-state index contributed by atoms with van der Waals surface area (Å²) in [6, 6.07) is 2.91. The van der Waals surface area contributed by atoms with Gasteiger partial charge < -0.3 is 9.47 Å². The Morgan fingerprint density at radius 2 is 1.80 bits per heavy atom. The van der Waals surface area contributed by atoms with Crippen molar-refractivity contribution in [1.82, 2.24) is 9.47 Å². The zero-order valence-corrected chi connectivity index (χ0v) is 9.14. The lowest BCUT2D eigenvalue weighted by molar-refractivity contribution is -0.131. The molecule has 0 fully saturated rings. The molecule has 0 spiro atoms. The molecular weight excluding hydrogens is 192 g/mol. The van der Waals surface area contributed by atoms with Crippen LogP contribution in [0.1, 0.15) is 13.8 Å². The molecule has 0 unspecified atom stereocenters. The van der Waals surface area contributed by atoms with Gasteiger partial charge in [0.2, 0.25) is 5.91 Å². The highest BCUT2D eigenvalue weighted by atomic mass is 16.2. The van der Waals surface area contributed by atoms with Gasteiger partial charge in [0.15, 0.2) is 5.43 Å². The summed E-state index contributed by atoms with van der Waals surface area (Å²) in [6.07, 6.45) is 3.26. The minimum absolute atomic E-state index is 0.0402. The lowest BCUT2D eigenvalue weighted by Crippen LogP contribution is -2.33. The largest absolute Gasteiger partial charge is 0.345 e. The molecule has 1 aromatic heterocycles. The first-order valence-corrected chi connectivity index (χ1v) is 5.11. The number of nitrogens with zero attached hydrogens (tertiary/aromatic N) is 2. The van der Waals surface area contributed by atoms with Gasteiger partial charge in [0.05, 0.1) is 0 Å². The van der Waals surface area contributed by atoms with Crippen LogP contribution in [0.25, 0.3) is 0 Å². The van der Waals surface area contributed by atoms with E-state index in [1.54, 1.807) is 21.9 Å². The number of carbonyl (C=O) groups excluding carboxylic acids is 1. The quantitative estimate of drug-likeness (QED) is 0.731. The van der Waals surface area contributed by atoms with Crippen LogP contribution in [0.4, 0.5) is 0 Å². The van der Waals surface area contributed by atoms with Crippen molar-refractivity contribution in [1.29, 1.82) is 0 Å². The summed E-state index contributed by atoms with van der Waals surface area (Å²) in [5.41, 5.74) is -0.0402. The fraction of sp³-hybridized carbons (Fsp3) is 0.455. The Labute approximate surface area is 89.1 Å². The van der Waals surface area contributed by atoms with E-state index in [9.17, 15) is 9.59 Å². The van der Waals surface area contributed by atoms with E-state index in [-0.39, 0.29) is 11.3 Å². The number of likely N-dealkylation sites (N-methyl/N-ethyl adjacent to an activating group) is 1. The fourth-order valence-electron chi connectivity index (χ4n) is 1.38. The Kier molecular flexibility index (Phi) is 4.09. The van der Waals surface area contributed by atoms with Gasteiger partial charge in [0.25, 0.3) is 0 Å². The van der Waals surface area contributed by atoms with Crippen LogP contribution in [0.15, 0.2) is 29.3 Å². The number of hydrogen-bond donors (Lipinski definition) is 0. The van der Waals surface area contributed by atoms with Gasteiger partial charge in [-0.25, -0.2) is 0 Å². The molecule has 15 heavy (non-hydrogen) atoms. The number of carbonyl (C=O) groups is 1. The minimum Gasteiger partial charge on any atom is -0.345 e. The van der Waals surface area contributed by atoms with Crippen molar-refractivity contribution in [3.8, 4) is 0 Å². The first-order chi connectivity index (χ1) is 7.17. The van der Waals surface area contributed by atoms with Crippen LogP contribution in [0.3, 0.4) is 0 Å². The van der Waals surface area contributed by atoms with Crippen LogP contribution >= 0.6 is 0 Å². The van der Waals surface area contributed by atoms with Gasteiger partial charge in [-0.3, -0.25) is 9.59 Å². The smallest absolute Gasteiger partial charge is 0.242 e. The average molecular weight is 208 g/mol. The molecule has 0 bridgehead atoms. The molecule has 0 saturated heterocycles. The minimum atomic E-state index is -0.0402. The zero-order chi connectivity index (χ0) is 11.3. The Balaban J connectivity index is 2.65. The molecule has 0 aliphatic rings. The van der Waals surface area contributed by atoms with E-state index in [1.165, 1.54) is 12.1 Å². The molecule has 0 aliphatic carbocycles. The molecule has 0 radical (unpaired) electrons. The lowest BCUT2D eigenvalue weighted by atomic mass is 10.4. The molecule has 1 heterocycles. The molecule has 0 aliphatic heterocycles. The van der Waals surface area contributed by atoms with E-state index in [2.05, 4.69) is 0 Å².